The maximum atomic E-state index is 12.8. The van der Waals surface area contributed by atoms with Crippen LogP contribution < -0.4 is 0 Å². The predicted molar refractivity (Wildman–Crippen MR) is 104 cm³/mol. The maximum absolute atomic E-state index is 12.8. The first-order valence-electron chi connectivity index (χ1n) is 8.94. The molecular weight excluding hydrogens is 340 g/mol. The van der Waals surface area contributed by atoms with Crippen molar-refractivity contribution in [2.45, 2.75) is 26.7 Å². The first kappa shape index (κ1) is 17.2. The van der Waals surface area contributed by atoms with Gasteiger partial charge in [-0.2, -0.15) is 0 Å². The molecule has 0 N–H and O–H groups in total. The first-order valence-corrected chi connectivity index (χ1v) is 8.94. The number of hydrogen-bond donors (Lipinski definition) is 0. The number of ketones is 1. The number of nitro benzene ring substituents is 1. The summed E-state index contributed by atoms with van der Waals surface area (Å²) in [5, 5.41) is 11.3. The first-order chi connectivity index (χ1) is 12.9. The molecule has 0 atom stereocenters. The van der Waals surface area contributed by atoms with Gasteiger partial charge in [-0.25, -0.2) is 0 Å². The molecule has 1 aromatic heterocycles. The Kier molecular flexibility index (Phi) is 3.95. The quantitative estimate of drug-likeness (QED) is 0.476. The molecule has 27 heavy (non-hydrogen) atoms. The third-order valence-electron chi connectivity index (χ3n) is 5.06. The average molecular weight is 360 g/mol. The van der Waals surface area contributed by atoms with Gasteiger partial charge in [-0.15, -0.1) is 0 Å². The number of rotatable bonds is 3. The van der Waals surface area contributed by atoms with E-state index in [1.165, 1.54) is 6.07 Å². The van der Waals surface area contributed by atoms with E-state index in [2.05, 4.69) is 13.8 Å². The monoisotopic (exact) mass is 360 g/mol. The van der Waals surface area contributed by atoms with E-state index in [9.17, 15) is 14.9 Å². The molecule has 1 aliphatic carbocycles. The normalized spacial score (nSPS) is 15.4. The van der Waals surface area contributed by atoms with Crippen molar-refractivity contribution in [1.82, 2.24) is 4.57 Å². The van der Waals surface area contributed by atoms with E-state index in [4.69, 9.17) is 0 Å². The number of aromatic nitrogens is 1. The smallest absolute Gasteiger partial charge is 0.271 e. The zero-order valence-corrected chi connectivity index (χ0v) is 15.3. The second-order valence-corrected chi connectivity index (χ2v) is 7.81. The van der Waals surface area contributed by atoms with Gasteiger partial charge in [-0.05, 0) is 29.5 Å². The number of Topliss-reactive ketones (excluding diaryl/α,β-unsaturated/α-hetero) is 1. The van der Waals surface area contributed by atoms with E-state index in [1.54, 1.807) is 12.1 Å². The van der Waals surface area contributed by atoms with Crippen LogP contribution in [0.5, 0.6) is 0 Å². The molecule has 1 aliphatic rings. The minimum atomic E-state index is -0.392. The van der Waals surface area contributed by atoms with Gasteiger partial charge in [0.2, 0.25) is 0 Å². The fourth-order valence-electron chi connectivity index (χ4n) is 3.87. The van der Waals surface area contributed by atoms with Crippen LogP contribution in [-0.4, -0.2) is 15.3 Å². The van der Waals surface area contributed by atoms with Crippen LogP contribution in [0.25, 0.3) is 16.9 Å². The molecule has 0 unspecified atom stereocenters. The van der Waals surface area contributed by atoms with Crippen LogP contribution in [0.3, 0.4) is 0 Å². The van der Waals surface area contributed by atoms with Gasteiger partial charge in [-0.1, -0.05) is 50.2 Å². The topological polar surface area (TPSA) is 65.1 Å². The summed E-state index contributed by atoms with van der Waals surface area (Å²) in [5.41, 5.74) is 4.10. The summed E-state index contributed by atoms with van der Waals surface area (Å²) in [6.45, 7) is 4.17. The Bertz CT molecular complexity index is 1050. The van der Waals surface area contributed by atoms with Crippen molar-refractivity contribution in [3.63, 3.8) is 0 Å². The molecule has 0 radical (unpaired) electrons. The molecule has 136 valence electrons. The summed E-state index contributed by atoms with van der Waals surface area (Å²) in [5.74, 6) is 0.127. The van der Waals surface area contributed by atoms with Crippen molar-refractivity contribution in [3.05, 3.63) is 82.0 Å². The third-order valence-corrected chi connectivity index (χ3v) is 5.06. The number of benzene rings is 2. The molecule has 0 aliphatic heterocycles. The van der Waals surface area contributed by atoms with Crippen LogP contribution in [0.1, 0.15) is 36.3 Å². The molecule has 0 saturated heterocycles. The third kappa shape index (κ3) is 3.05. The predicted octanol–water partition coefficient (Wildman–Crippen LogP) is 5.21. The van der Waals surface area contributed by atoms with E-state index in [0.29, 0.717) is 12.1 Å². The summed E-state index contributed by atoms with van der Waals surface area (Å²) in [4.78, 5) is 23.7. The summed E-state index contributed by atoms with van der Waals surface area (Å²) in [6, 6.07) is 18.3. The lowest BCUT2D eigenvalue weighted by Crippen LogP contribution is -2.27. The van der Waals surface area contributed by atoms with Gasteiger partial charge in [0.15, 0.2) is 5.78 Å². The molecule has 1 heterocycles. The SMILES string of the molecule is CC1(C)CC(=O)c2cc(-c3ccccc3)n(-c3cccc([N+](=O)[O-])c3)c2C1. The summed E-state index contributed by atoms with van der Waals surface area (Å²) >= 11 is 0. The molecule has 0 saturated carbocycles. The number of carbonyl (C=O) groups is 1. The number of fused-ring (bicyclic) bond motifs is 1. The van der Waals surface area contributed by atoms with Crippen molar-refractivity contribution >= 4 is 11.5 Å². The van der Waals surface area contributed by atoms with Crippen molar-refractivity contribution in [1.29, 1.82) is 0 Å². The van der Waals surface area contributed by atoms with Crippen LogP contribution in [-0.2, 0) is 6.42 Å². The van der Waals surface area contributed by atoms with Crippen LogP contribution in [0.4, 0.5) is 5.69 Å². The molecule has 0 bridgehead atoms. The summed E-state index contributed by atoms with van der Waals surface area (Å²) in [7, 11) is 0. The Morgan fingerprint density at radius 1 is 1.00 bits per heavy atom. The Balaban J connectivity index is 2.00. The molecule has 3 aromatic rings. The zero-order chi connectivity index (χ0) is 19.2. The molecule has 0 amide bonds. The second kappa shape index (κ2) is 6.20. The lowest BCUT2D eigenvalue weighted by molar-refractivity contribution is -0.384. The molecule has 5 nitrogen and oxygen atoms in total. The van der Waals surface area contributed by atoms with E-state index in [-0.39, 0.29) is 16.9 Å². The Morgan fingerprint density at radius 3 is 2.44 bits per heavy atom. The van der Waals surface area contributed by atoms with Gasteiger partial charge in [0.1, 0.15) is 0 Å². The fraction of sp³-hybridized carbons (Fsp3) is 0.227. The average Bonchev–Trinajstić information content (AvgIpc) is 3.01. The molecule has 5 heteroatoms. The van der Waals surface area contributed by atoms with Crippen LogP contribution >= 0.6 is 0 Å². The molecule has 0 fully saturated rings. The van der Waals surface area contributed by atoms with E-state index >= 15 is 0 Å². The molecular formula is C22H20N2O3. The second-order valence-electron chi connectivity index (χ2n) is 7.81. The van der Waals surface area contributed by atoms with Crippen molar-refractivity contribution < 1.29 is 9.72 Å². The van der Waals surface area contributed by atoms with Crippen LogP contribution in [0, 0.1) is 15.5 Å². The summed E-state index contributed by atoms with van der Waals surface area (Å²) in [6.07, 6.45) is 1.25. The molecule has 4 rings (SSSR count). The number of nitrogens with zero attached hydrogens (tertiary/aromatic N) is 2. The minimum absolute atomic E-state index is 0.0374. The van der Waals surface area contributed by atoms with Gasteiger partial charge < -0.3 is 4.57 Å². The highest BCUT2D eigenvalue weighted by atomic mass is 16.6. The van der Waals surface area contributed by atoms with E-state index < -0.39 is 4.92 Å². The number of hydrogen-bond acceptors (Lipinski definition) is 3. The lowest BCUT2D eigenvalue weighted by atomic mass is 9.76. The van der Waals surface area contributed by atoms with Gasteiger partial charge in [-0.3, -0.25) is 14.9 Å². The van der Waals surface area contributed by atoms with Crippen LogP contribution in [0.15, 0.2) is 60.7 Å². The highest BCUT2D eigenvalue weighted by Gasteiger charge is 2.35. The summed E-state index contributed by atoms with van der Waals surface area (Å²) < 4.78 is 2.01. The lowest BCUT2D eigenvalue weighted by Gasteiger charge is -2.30. The van der Waals surface area contributed by atoms with Crippen LogP contribution in [0.2, 0.25) is 0 Å². The van der Waals surface area contributed by atoms with E-state index in [0.717, 1.165) is 28.9 Å². The minimum Gasteiger partial charge on any atom is -0.313 e. The fourth-order valence-corrected chi connectivity index (χ4v) is 3.87. The highest BCUT2D eigenvalue weighted by Crippen LogP contribution is 2.40. The standard InChI is InChI=1S/C22H20N2O3/c1-22(2)13-20-18(21(25)14-22)12-19(15-7-4-3-5-8-15)23(20)16-9-6-10-17(11-16)24(26)27/h3-12H,13-14H2,1-2H3. The Hall–Kier alpha value is -3.21. The number of carbonyl (C=O) groups excluding carboxylic acids is 1. The number of non-ortho nitro benzene ring substituents is 1. The zero-order valence-electron chi connectivity index (χ0n) is 15.3. The van der Waals surface area contributed by atoms with Gasteiger partial charge >= 0.3 is 0 Å². The molecule has 0 spiro atoms. The van der Waals surface area contributed by atoms with Crippen molar-refractivity contribution in [2.75, 3.05) is 0 Å². The van der Waals surface area contributed by atoms with Gasteiger partial charge in [0.25, 0.3) is 5.69 Å². The molecule has 2 aromatic carbocycles. The van der Waals surface area contributed by atoms with Crippen molar-refractivity contribution in [2.24, 2.45) is 5.41 Å². The number of nitro groups is 1. The van der Waals surface area contributed by atoms with Gasteiger partial charge in [0, 0.05) is 29.8 Å². The van der Waals surface area contributed by atoms with Crippen molar-refractivity contribution in [3.8, 4) is 16.9 Å². The largest absolute Gasteiger partial charge is 0.313 e. The Morgan fingerprint density at radius 2 is 1.74 bits per heavy atom. The van der Waals surface area contributed by atoms with E-state index in [1.807, 2.05) is 47.0 Å². The van der Waals surface area contributed by atoms with Gasteiger partial charge in [0.05, 0.1) is 16.3 Å². The maximum Gasteiger partial charge on any atom is 0.271 e. The highest BCUT2D eigenvalue weighted by molar-refractivity contribution is 6.00. The Labute approximate surface area is 157 Å².